The van der Waals surface area contributed by atoms with E-state index in [2.05, 4.69) is 6.92 Å². The number of carbonyl (C=O) groups is 2. The van der Waals surface area contributed by atoms with E-state index in [9.17, 15) is 9.59 Å². The molecule has 4 nitrogen and oxygen atoms in total. The first kappa shape index (κ1) is 18.1. The summed E-state index contributed by atoms with van der Waals surface area (Å²) < 4.78 is 0. The molecule has 0 aliphatic carbocycles. The first-order valence-corrected chi connectivity index (χ1v) is 5.34. The van der Waals surface area contributed by atoms with Crippen LogP contribution in [0, 0.1) is 11.3 Å². The zero-order chi connectivity index (χ0) is 12.1. The molecular formula is C11H22MgO4. The smallest absolute Gasteiger partial charge is 0.321 e. The quantitative estimate of drug-likeness (QED) is 0.403. The van der Waals surface area contributed by atoms with Gasteiger partial charge in [-0.1, -0.05) is 33.1 Å². The van der Waals surface area contributed by atoms with Gasteiger partial charge >= 0.3 is 35.0 Å². The molecule has 0 saturated heterocycles. The van der Waals surface area contributed by atoms with E-state index in [1.807, 2.05) is 0 Å². The second kappa shape index (κ2) is 7.90. The van der Waals surface area contributed by atoms with Gasteiger partial charge in [0.05, 0.1) is 0 Å². The van der Waals surface area contributed by atoms with Crippen LogP contribution in [-0.4, -0.2) is 45.2 Å². The number of carboxylic acid groups (broad SMARTS) is 2. The van der Waals surface area contributed by atoms with Crippen molar-refractivity contribution < 1.29 is 19.8 Å². The highest BCUT2D eigenvalue weighted by Crippen LogP contribution is 2.31. The molecule has 0 aromatic heterocycles. The number of hydrogen-bond donors (Lipinski definition) is 2. The van der Waals surface area contributed by atoms with Gasteiger partial charge in [0.1, 0.15) is 0 Å². The van der Waals surface area contributed by atoms with Crippen LogP contribution in [0.4, 0.5) is 0 Å². The van der Waals surface area contributed by atoms with Crippen LogP contribution in [0.1, 0.15) is 46.5 Å². The highest BCUT2D eigenvalue weighted by atomic mass is 24.3. The lowest BCUT2D eigenvalue weighted by Crippen LogP contribution is -2.42. The lowest BCUT2D eigenvalue weighted by atomic mass is 9.75. The first-order chi connectivity index (χ1) is 6.87. The third kappa shape index (κ3) is 4.29. The van der Waals surface area contributed by atoms with Gasteiger partial charge in [-0.05, 0) is 19.3 Å². The van der Waals surface area contributed by atoms with Crippen LogP contribution < -0.4 is 0 Å². The van der Waals surface area contributed by atoms with E-state index in [4.69, 9.17) is 10.2 Å². The van der Waals surface area contributed by atoms with Gasteiger partial charge in [-0.25, -0.2) is 0 Å². The summed E-state index contributed by atoms with van der Waals surface area (Å²) >= 11 is 0. The summed E-state index contributed by atoms with van der Waals surface area (Å²) in [6.45, 7) is 5.03. The number of aliphatic carboxylic acids is 2. The SMILES string of the molecule is CCCCCC(C)C(C)(C(=O)O)C(=O)O.[MgH2]. The normalized spacial score (nSPS) is 12.7. The molecule has 0 fully saturated rings. The van der Waals surface area contributed by atoms with Crippen molar-refractivity contribution in [3.8, 4) is 0 Å². The van der Waals surface area contributed by atoms with Crippen molar-refractivity contribution in [2.75, 3.05) is 0 Å². The van der Waals surface area contributed by atoms with Gasteiger partial charge in [0.15, 0.2) is 5.41 Å². The number of rotatable bonds is 7. The highest BCUT2D eigenvalue weighted by molar-refractivity contribution is 5.98. The average Bonchev–Trinajstić information content (AvgIpc) is 2.15. The maximum absolute atomic E-state index is 11.0. The Kier molecular flexibility index (Phi) is 8.92. The minimum absolute atomic E-state index is 0. The maximum atomic E-state index is 11.0. The summed E-state index contributed by atoms with van der Waals surface area (Å²) in [5.41, 5.74) is -1.66. The molecule has 0 spiro atoms. The Morgan fingerprint density at radius 1 is 1.19 bits per heavy atom. The molecular weight excluding hydrogens is 220 g/mol. The van der Waals surface area contributed by atoms with Crippen molar-refractivity contribution in [1.82, 2.24) is 0 Å². The van der Waals surface area contributed by atoms with Crippen LogP contribution in [0.5, 0.6) is 0 Å². The van der Waals surface area contributed by atoms with Crippen LogP contribution in [0.15, 0.2) is 0 Å². The lowest BCUT2D eigenvalue weighted by molar-refractivity contribution is -0.167. The van der Waals surface area contributed by atoms with E-state index in [0.29, 0.717) is 6.42 Å². The molecule has 0 bridgehead atoms. The van der Waals surface area contributed by atoms with E-state index < -0.39 is 17.4 Å². The molecule has 0 saturated carbocycles. The third-order valence-electron chi connectivity index (χ3n) is 3.11. The van der Waals surface area contributed by atoms with E-state index in [-0.39, 0.29) is 29.0 Å². The average molecular weight is 243 g/mol. The predicted molar refractivity (Wildman–Crippen MR) is 65.2 cm³/mol. The molecule has 0 aromatic rings. The monoisotopic (exact) mass is 242 g/mol. The number of carboxylic acids is 2. The molecule has 16 heavy (non-hydrogen) atoms. The standard InChI is InChI=1S/C11H20O4.Mg.2H/c1-4-5-6-7-8(2)11(3,9(12)13)10(14)15;;;/h8H,4-7H2,1-3H3,(H,12,13)(H,14,15);;;. The Hall–Kier alpha value is -0.294. The van der Waals surface area contributed by atoms with Crippen molar-refractivity contribution in [1.29, 1.82) is 0 Å². The molecule has 0 aromatic carbocycles. The molecule has 92 valence electrons. The van der Waals surface area contributed by atoms with Crippen LogP contribution in [-0.2, 0) is 9.59 Å². The fourth-order valence-corrected chi connectivity index (χ4v) is 1.50. The summed E-state index contributed by atoms with van der Waals surface area (Å²) in [6, 6.07) is 0. The summed E-state index contributed by atoms with van der Waals surface area (Å²) in [6.07, 6.45) is 3.58. The van der Waals surface area contributed by atoms with Gasteiger partial charge < -0.3 is 10.2 Å². The molecule has 0 aliphatic heterocycles. The molecule has 0 rings (SSSR count). The Bertz CT molecular complexity index is 226. The zero-order valence-electron chi connectivity index (χ0n) is 9.62. The van der Waals surface area contributed by atoms with Crippen molar-refractivity contribution in [2.45, 2.75) is 46.5 Å². The van der Waals surface area contributed by atoms with Crippen LogP contribution in [0.2, 0.25) is 0 Å². The molecule has 1 unspecified atom stereocenters. The summed E-state index contributed by atoms with van der Waals surface area (Å²) in [4.78, 5) is 21.9. The summed E-state index contributed by atoms with van der Waals surface area (Å²) in [5, 5.41) is 17.9. The predicted octanol–water partition coefficient (Wildman–Crippen LogP) is 1.46. The summed E-state index contributed by atoms with van der Waals surface area (Å²) in [5.74, 6) is -2.85. The molecule has 1 atom stereocenters. The molecule has 2 N–H and O–H groups in total. The van der Waals surface area contributed by atoms with E-state index in [1.165, 1.54) is 6.92 Å². The van der Waals surface area contributed by atoms with Gasteiger partial charge in [0, 0.05) is 0 Å². The van der Waals surface area contributed by atoms with Crippen LogP contribution in [0.25, 0.3) is 0 Å². The minimum Gasteiger partial charge on any atom is -0.480 e. The summed E-state index contributed by atoms with van der Waals surface area (Å²) in [7, 11) is 0. The van der Waals surface area contributed by atoms with Gasteiger partial charge in [-0.2, -0.15) is 0 Å². The molecule has 0 heterocycles. The van der Waals surface area contributed by atoms with Crippen molar-refractivity contribution in [3.63, 3.8) is 0 Å². The minimum atomic E-state index is -1.66. The number of unbranched alkanes of at least 4 members (excludes halogenated alkanes) is 2. The first-order valence-electron chi connectivity index (χ1n) is 5.34. The Balaban J connectivity index is 0. The van der Waals surface area contributed by atoms with Crippen molar-refractivity contribution in [3.05, 3.63) is 0 Å². The molecule has 5 heteroatoms. The third-order valence-corrected chi connectivity index (χ3v) is 3.11. The highest BCUT2D eigenvalue weighted by Gasteiger charge is 2.46. The largest absolute Gasteiger partial charge is 0.480 e. The van der Waals surface area contributed by atoms with E-state index in [0.717, 1.165) is 19.3 Å². The molecule has 0 aliphatic rings. The van der Waals surface area contributed by atoms with Crippen LogP contribution >= 0.6 is 0 Å². The van der Waals surface area contributed by atoms with Crippen molar-refractivity contribution in [2.24, 2.45) is 11.3 Å². The molecule has 0 amide bonds. The van der Waals surface area contributed by atoms with Gasteiger partial charge in [-0.15, -0.1) is 0 Å². The van der Waals surface area contributed by atoms with Gasteiger partial charge in [-0.3, -0.25) is 9.59 Å². The van der Waals surface area contributed by atoms with Crippen LogP contribution in [0.3, 0.4) is 0 Å². The Morgan fingerprint density at radius 2 is 1.62 bits per heavy atom. The topological polar surface area (TPSA) is 74.6 Å². The fraction of sp³-hybridized carbons (Fsp3) is 0.818. The Morgan fingerprint density at radius 3 is 1.94 bits per heavy atom. The van der Waals surface area contributed by atoms with Gasteiger partial charge in [0.25, 0.3) is 0 Å². The maximum Gasteiger partial charge on any atom is 0.321 e. The van der Waals surface area contributed by atoms with Gasteiger partial charge in [0.2, 0.25) is 0 Å². The zero-order valence-corrected chi connectivity index (χ0v) is 9.62. The van der Waals surface area contributed by atoms with Crippen molar-refractivity contribution >= 4 is 35.0 Å². The number of hydrogen-bond acceptors (Lipinski definition) is 2. The second-order valence-electron chi connectivity index (χ2n) is 4.21. The lowest BCUT2D eigenvalue weighted by Gasteiger charge is -2.26. The second-order valence-corrected chi connectivity index (χ2v) is 4.21. The Labute approximate surface area is 113 Å². The molecule has 0 radical (unpaired) electrons. The fourth-order valence-electron chi connectivity index (χ4n) is 1.50. The van der Waals surface area contributed by atoms with E-state index in [1.54, 1.807) is 6.92 Å². The van der Waals surface area contributed by atoms with E-state index >= 15 is 0 Å².